The molecule has 1 aliphatic heterocycles. The lowest BCUT2D eigenvalue weighted by Gasteiger charge is -2.22. The largest absolute Gasteiger partial charge is 0.480 e. The highest BCUT2D eigenvalue weighted by atomic mass is 16.4. The van der Waals surface area contributed by atoms with Gasteiger partial charge in [0.15, 0.2) is 0 Å². The summed E-state index contributed by atoms with van der Waals surface area (Å²) in [5.41, 5.74) is 0. The average Bonchev–Trinajstić information content (AvgIpc) is 3.12. The lowest BCUT2D eigenvalue weighted by Crippen LogP contribution is -2.45. The molecule has 17 heavy (non-hydrogen) atoms. The van der Waals surface area contributed by atoms with E-state index in [0.717, 1.165) is 45.3 Å². The van der Waals surface area contributed by atoms with Crippen molar-refractivity contribution < 1.29 is 9.90 Å². The average molecular weight is 240 g/mol. The molecular formula is C13H24N2O2. The van der Waals surface area contributed by atoms with Gasteiger partial charge < -0.3 is 15.3 Å². The zero-order valence-electron chi connectivity index (χ0n) is 10.7. The Morgan fingerprint density at radius 2 is 2.12 bits per heavy atom. The number of hydrogen-bond donors (Lipinski definition) is 2. The van der Waals surface area contributed by atoms with Crippen LogP contribution >= 0.6 is 0 Å². The summed E-state index contributed by atoms with van der Waals surface area (Å²) in [4.78, 5) is 13.6. The molecule has 0 spiro atoms. The molecule has 0 aromatic rings. The first kappa shape index (κ1) is 12.8. The van der Waals surface area contributed by atoms with E-state index in [0.29, 0.717) is 12.0 Å². The minimum Gasteiger partial charge on any atom is -0.480 e. The Bertz CT molecular complexity index is 266. The molecule has 1 saturated heterocycles. The maximum atomic E-state index is 11.2. The number of hydrogen-bond acceptors (Lipinski definition) is 3. The summed E-state index contributed by atoms with van der Waals surface area (Å²) in [6.07, 6.45) is 5.55. The van der Waals surface area contributed by atoms with E-state index in [-0.39, 0.29) is 6.04 Å². The topological polar surface area (TPSA) is 52.6 Å². The minimum atomic E-state index is -0.663. The van der Waals surface area contributed by atoms with Crippen LogP contribution in [0.15, 0.2) is 0 Å². The van der Waals surface area contributed by atoms with E-state index < -0.39 is 5.97 Å². The summed E-state index contributed by atoms with van der Waals surface area (Å²) in [5.74, 6) is -0.276. The number of carboxylic acids is 1. The fraction of sp³-hybridized carbons (Fsp3) is 0.923. The number of nitrogens with one attached hydrogen (secondary N) is 1. The van der Waals surface area contributed by atoms with Crippen molar-refractivity contribution in [3.63, 3.8) is 0 Å². The van der Waals surface area contributed by atoms with Gasteiger partial charge in [-0.05, 0) is 57.7 Å². The summed E-state index contributed by atoms with van der Waals surface area (Å²) in [6, 6.07) is 0.0985. The van der Waals surface area contributed by atoms with Crippen molar-refractivity contribution in [3.05, 3.63) is 0 Å². The van der Waals surface area contributed by atoms with E-state index in [1.165, 1.54) is 6.42 Å². The van der Waals surface area contributed by atoms with Crippen LogP contribution in [0.3, 0.4) is 0 Å². The lowest BCUT2D eigenvalue weighted by molar-refractivity contribution is -0.140. The zero-order chi connectivity index (χ0) is 12.3. The molecule has 1 heterocycles. The number of rotatable bonds is 5. The Morgan fingerprint density at radius 3 is 2.71 bits per heavy atom. The number of carboxylic acid groups (broad SMARTS) is 1. The van der Waals surface area contributed by atoms with E-state index >= 15 is 0 Å². The number of likely N-dealkylation sites (tertiary alicyclic amines) is 1. The molecule has 0 radical (unpaired) electrons. The first-order valence-corrected chi connectivity index (χ1v) is 6.92. The summed E-state index contributed by atoms with van der Waals surface area (Å²) in [5, 5.41) is 12.6. The Balaban J connectivity index is 1.82. The SMILES string of the molecule is CCN1CCCC(NC(C(=O)O)C2CC2)CC1. The van der Waals surface area contributed by atoms with Gasteiger partial charge in [0.2, 0.25) is 0 Å². The molecule has 2 unspecified atom stereocenters. The standard InChI is InChI=1S/C13H24N2O2/c1-2-15-8-3-4-11(7-9-15)14-12(13(16)17)10-5-6-10/h10-12,14H,2-9H2,1H3,(H,16,17). The van der Waals surface area contributed by atoms with Crippen molar-refractivity contribution in [1.82, 2.24) is 10.2 Å². The van der Waals surface area contributed by atoms with Crippen LogP contribution in [0.5, 0.6) is 0 Å². The first-order valence-electron chi connectivity index (χ1n) is 6.92. The van der Waals surface area contributed by atoms with Crippen LogP contribution in [0.1, 0.15) is 39.0 Å². The number of carbonyl (C=O) groups is 1. The molecule has 4 heteroatoms. The van der Waals surface area contributed by atoms with Gasteiger partial charge in [0, 0.05) is 6.04 Å². The molecule has 0 bridgehead atoms. The molecule has 1 aliphatic carbocycles. The van der Waals surface area contributed by atoms with E-state index in [9.17, 15) is 9.90 Å². The maximum absolute atomic E-state index is 11.2. The highest BCUT2D eigenvalue weighted by Crippen LogP contribution is 2.33. The van der Waals surface area contributed by atoms with Crippen molar-refractivity contribution in [3.8, 4) is 0 Å². The molecule has 2 atom stereocenters. The van der Waals surface area contributed by atoms with Gasteiger partial charge >= 0.3 is 5.97 Å². The second kappa shape index (κ2) is 5.83. The molecule has 2 fully saturated rings. The van der Waals surface area contributed by atoms with Crippen molar-refractivity contribution in [2.24, 2.45) is 5.92 Å². The van der Waals surface area contributed by atoms with Crippen molar-refractivity contribution in [2.75, 3.05) is 19.6 Å². The Labute approximate surface area is 103 Å². The third kappa shape index (κ3) is 3.68. The summed E-state index contributed by atoms with van der Waals surface area (Å²) in [7, 11) is 0. The predicted octanol–water partition coefficient (Wildman–Crippen LogP) is 1.31. The first-order chi connectivity index (χ1) is 8.20. The molecule has 0 aromatic heterocycles. The van der Waals surface area contributed by atoms with Gasteiger partial charge in [-0.2, -0.15) is 0 Å². The third-order valence-electron chi connectivity index (χ3n) is 4.04. The van der Waals surface area contributed by atoms with Gasteiger partial charge in [0.05, 0.1) is 0 Å². The van der Waals surface area contributed by atoms with Gasteiger partial charge in [-0.25, -0.2) is 0 Å². The summed E-state index contributed by atoms with van der Waals surface area (Å²) in [6.45, 7) is 5.57. The molecule has 98 valence electrons. The van der Waals surface area contributed by atoms with Crippen molar-refractivity contribution in [2.45, 2.75) is 51.1 Å². The lowest BCUT2D eigenvalue weighted by atomic mass is 10.1. The number of nitrogens with zero attached hydrogens (tertiary/aromatic N) is 1. The van der Waals surface area contributed by atoms with E-state index in [4.69, 9.17) is 0 Å². The van der Waals surface area contributed by atoms with Crippen LogP contribution in [-0.2, 0) is 4.79 Å². The van der Waals surface area contributed by atoms with Crippen LogP contribution in [-0.4, -0.2) is 47.7 Å². The van der Waals surface area contributed by atoms with Gasteiger partial charge in [0.25, 0.3) is 0 Å². The second-order valence-electron chi connectivity index (χ2n) is 5.38. The molecule has 2 N–H and O–H groups in total. The van der Waals surface area contributed by atoms with Gasteiger partial charge in [0.1, 0.15) is 6.04 Å². The Hall–Kier alpha value is -0.610. The summed E-state index contributed by atoms with van der Waals surface area (Å²) >= 11 is 0. The third-order valence-corrected chi connectivity index (χ3v) is 4.04. The van der Waals surface area contributed by atoms with Crippen molar-refractivity contribution in [1.29, 1.82) is 0 Å². The zero-order valence-corrected chi connectivity index (χ0v) is 10.7. The van der Waals surface area contributed by atoms with Crippen LogP contribution in [0.4, 0.5) is 0 Å². The monoisotopic (exact) mass is 240 g/mol. The Kier molecular flexibility index (Phi) is 4.40. The van der Waals surface area contributed by atoms with Crippen LogP contribution < -0.4 is 5.32 Å². The highest BCUT2D eigenvalue weighted by Gasteiger charge is 2.37. The maximum Gasteiger partial charge on any atom is 0.320 e. The molecule has 0 amide bonds. The van der Waals surface area contributed by atoms with Crippen LogP contribution in [0.25, 0.3) is 0 Å². The van der Waals surface area contributed by atoms with Gasteiger partial charge in [-0.1, -0.05) is 6.92 Å². The van der Waals surface area contributed by atoms with Crippen LogP contribution in [0, 0.1) is 5.92 Å². The molecule has 2 aliphatic rings. The fourth-order valence-electron chi connectivity index (χ4n) is 2.73. The second-order valence-corrected chi connectivity index (χ2v) is 5.38. The van der Waals surface area contributed by atoms with Gasteiger partial charge in [-0.15, -0.1) is 0 Å². The molecule has 2 rings (SSSR count). The summed E-state index contributed by atoms with van der Waals surface area (Å²) < 4.78 is 0. The van der Waals surface area contributed by atoms with Crippen molar-refractivity contribution >= 4 is 5.97 Å². The van der Waals surface area contributed by atoms with E-state index in [1.54, 1.807) is 0 Å². The number of aliphatic carboxylic acids is 1. The Morgan fingerprint density at radius 1 is 1.35 bits per heavy atom. The van der Waals surface area contributed by atoms with Gasteiger partial charge in [-0.3, -0.25) is 4.79 Å². The smallest absolute Gasteiger partial charge is 0.320 e. The quantitative estimate of drug-likeness (QED) is 0.761. The van der Waals surface area contributed by atoms with E-state index in [2.05, 4.69) is 17.1 Å². The molecule has 1 saturated carbocycles. The molecule has 0 aromatic carbocycles. The fourth-order valence-corrected chi connectivity index (χ4v) is 2.73. The highest BCUT2D eigenvalue weighted by molar-refractivity contribution is 5.74. The van der Waals surface area contributed by atoms with Crippen LogP contribution in [0.2, 0.25) is 0 Å². The van der Waals surface area contributed by atoms with E-state index in [1.807, 2.05) is 0 Å². The predicted molar refractivity (Wildman–Crippen MR) is 67.0 cm³/mol. The minimum absolute atomic E-state index is 0.298. The normalized spacial score (nSPS) is 28.6. The molecular weight excluding hydrogens is 216 g/mol. The molecule has 4 nitrogen and oxygen atoms in total.